The molecule has 1 aromatic heterocycles. The first-order chi connectivity index (χ1) is 14.0. The summed E-state index contributed by atoms with van der Waals surface area (Å²) in [4.78, 5) is 16.3. The van der Waals surface area contributed by atoms with Crippen LogP contribution in [0.25, 0.3) is 0 Å². The van der Waals surface area contributed by atoms with E-state index in [-0.39, 0.29) is 30.7 Å². The summed E-state index contributed by atoms with van der Waals surface area (Å²) in [6.07, 6.45) is -5.02. The number of amides is 1. The van der Waals surface area contributed by atoms with E-state index in [0.29, 0.717) is 17.8 Å². The molecule has 1 aliphatic rings. The SMILES string of the molecule is O=C(NC(c1ccccc1Cl)[C@]1(O)CC[C@H](F)CC1)c1cc(C(F)(F)F)cnc1Cl. The average molecular weight is 465 g/mol. The number of hydrogen-bond donors (Lipinski definition) is 2. The highest BCUT2D eigenvalue weighted by Crippen LogP contribution is 2.41. The second-order valence-electron chi connectivity index (χ2n) is 7.27. The second kappa shape index (κ2) is 8.69. The maximum atomic E-state index is 13.7. The van der Waals surface area contributed by atoms with E-state index in [0.717, 1.165) is 0 Å². The molecule has 0 radical (unpaired) electrons. The molecule has 2 N–H and O–H groups in total. The minimum atomic E-state index is -4.72. The number of hydrogen-bond acceptors (Lipinski definition) is 3. The van der Waals surface area contributed by atoms with Crippen molar-refractivity contribution in [3.05, 3.63) is 63.4 Å². The van der Waals surface area contributed by atoms with Crippen molar-refractivity contribution in [2.24, 2.45) is 0 Å². The predicted octanol–water partition coefficient (Wildman–Crippen LogP) is 5.52. The minimum Gasteiger partial charge on any atom is -0.387 e. The van der Waals surface area contributed by atoms with Gasteiger partial charge in [-0.2, -0.15) is 13.2 Å². The second-order valence-corrected chi connectivity index (χ2v) is 8.03. The van der Waals surface area contributed by atoms with Crippen LogP contribution in [0.2, 0.25) is 10.2 Å². The Balaban J connectivity index is 1.98. The smallest absolute Gasteiger partial charge is 0.387 e. The molecule has 10 heteroatoms. The fourth-order valence-corrected chi connectivity index (χ4v) is 3.99. The van der Waals surface area contributed by atoms with Gasteiger partial charge in [0.05, 0.1) is 22.8 Å². The lowest BCUT2D eigenvalue weighted by Gasteiger charge is -2.41. The van der Waals surface area contributed by atoms with Crippen LogP contribution in [0.3, 0.4) is 0 Å². The van der Waals surface area contributed by atoms with Gasteiger partial charge in [-0.25, -0.2) is 9.37 Å². The lowest BCUT2D eigenvalue weighted by molar-refractivity contribution is -0.137. The number of halogens is 6. The Hall–Kier alpha value is -1.90. The van der Waals surface area contributed by atoms with Crippen LogP contribution in [0.5, 0.6) is 0 Å². The summed E-state index contributed by atoms with van der Waals surface area (Å²) in [5.74, 6) is -0.959. The highest BCUT2D eigenvalue weighted by Gasteiger charge is 2.43. The van der Waals surface area contributed by atoms with Gasteiger partial charge in [0.25, 0.3) is 5.91 Å². The van der Waals surface area contributed by atoms with Crippen molar-refractivity contribution in [1.82, 2.24) is 10.3 Å². The Bertz CT molecular complexity index is 931. The van der Waals surface area contributed by atoms with Crippen molar-refractivity contribution in [1.29, 1.82) is 0 Å². The van der Waals surface area contributed by atoms with E-state index in [4.69, 9.17) is 23.2 Å². The van der Waals surface area contributed by atoms with Gasteiger partial charge in [0.15, 0.2) is 0 Å². The summed E-state index contributed by atoms with van der Waals surface area (Å²) in [5.41, 5.74) is -2.80. The van der Waals surface area contributed by atoms with Gasteiger partial charge < -0.3 is 10.4 Å². The summed E-state index contributed by atoms with van der Waals surface area (Å²) >= 11 is 12.1. The van der Waals surface area contributed by atoms with Gasteiger partial charge in [-0.15, -0.1) is 0 Å². The van der Waals surface area contributed by atoms with E-state index >= 15 is 0 Å². The Labute approximate surface area is 180 Å². The third kappa shape index (κ3) is 4.87. The van der Waals surface area contributed by atoms with Gasteiger partial charge in [-0.1, -0.05) is 41.4 Å². The molecule has 1 saturated carbocycles. The van der Waals surface area contributed by atoms with Crippen LogP contribution in [0, 0.1) is 0 Å². The molecule has 1 amide bonds. The first-order valence-corrected chi connectivity index (χ1v) is 9.91. The Morgan fingerprint density at radius 3 is 2.47 bits per heavy atom. The molecule has 1 heterocycles. The Morgan fingerprint density at radius 1 is 1.23 bits per heavy atom. The van der Waals surface area contributed by atoms with E-state index in [1.807, 2.05) is 0 Å². The van der Waals surface area contributed by atoms with Crippen LogP contribution in [-0.4, -0.2) is 27.8 Å². The molecule has 0 saturated heterocycles. The van der Waals surface area contributed by atoms with Gasteiger partial charge in [-0.3, -0.25) is 4.79 Å². The van der Waals surface area contributed by atoms with E-state index < -0.39 is 46.2 Å². The fraction of sp³-hybridized carbons (Fsp3) is 0.400. The van der Waals surface area contributed by atoms with Crippen molar-refractivity contribution in [3.63, 3.8) is 0 Å². The predicted molar refractivity (Wildman–Crippen MR) is 104 cm³/mol. The van der Waals surface area contributed by atoms with Crippen LogP contribution in [-0.2, 0) is 6.18 Å². The highest BCUT2D eigenvalue weighted by molar-refractivity contribution is 6.32. The number of pyridine rings is 1. The molecule has 1 fully saturated rings. The number of aromatic nitrogens is 1. The monoisotopic (exact) mass is 464 g/mol. The largest absolute Gasteiger partial charge is 0.417 e. The molecule has 0 spiro atoms. The van der Waals surface area contributed by atoms with Crippen LogP contribution >= 0.6 is 23.2 Å². The van der Waals surface area contributed by atoms with Crippen molar-refractivity contribution in [3.8, 4) is 0 Å². The number of nitrogens with zero attached hydrogens (tertiary/aromatic N) is 1. The lowest BCUT2D eigenvalue weighted by atomic mass is 9.76. The van der Waals surface area contributed by atoms with Crippen LogP contribution in [0.15, 0.2) is 36.5 Å². The van der Waals surface area contributed by atoms with Crippen LogP contribution in [0.1, 0.15) is 53.2 Å². The summed E-state index contributed by atoms with van der Waals surface area (Å²) in [7, 11) is 0. The van der Waals surface area contributed by atoms with Gasteiger partial charge >= 0.3 is 6.18 Å². The van der Waals surface area contributed by atoms with Crippen LogP contribution in [0.4, 0.5) is 17.6 Å². The molecule has 30 heavy (non-hydrogen) atoms. The zero-order valence-electron chi connectivity index (χ0n) is 15.5. The van der Waals surface area contributed by atoms with Gasteiger partial charge in [-0.05, 0) is 43.4 Å². The molecule has 0 bridgehead atoms. The van der Waals surface area contributed by atoms with E-state index in [2.05, 4.69) is 10.3 Å². The lowest BCUT2D eigenvalue weighted by Crippen LogP contribution is -2.48. The fourth-order valence-electron chi connectivity index (χ4n) is 3.55. The Morgan fingerprint density at radius 2 is 1.87 bits per heavy atom. The standard InChI is InChI=1S/C20H18Cl2F4N2O2/c21-15-4-2-1-3-13(15)16(19(30)7-5-12(23)6-8-19)28-18(29)14-9-11(20(24,25)26)10-27-17(14)22/h1-4,9-10,12,16,30H,5-8H2,(H,28,29)/t12-,16?,19-. The topological polar surface area (TPSA) is 62.2 Å². The molecule has 3 rings (SSSR count). The number of nitrogens with one attached hydrogen (secondary N) is 1. The quantitative estimate of drug-likeness (QED) is 0.462. The number of rotatable bonds is 4. The van der Waals surface area contributed by atoms with E-state index in [9.17, 15) is 27.5 Å². The molecule has 1 atom stereocenters. The molecule has 0 aliphatic heterocycles. The molecule has 2 aromatic rings. The van der Waals surface area contributed by atoms with Gasteiger partial charge in [0, 0.05) is 11.2 Å². The first kappa shape index (κ1) is 22.8. The summed E-state index contributed by atoms with van der Waals surface area (Å²) in [5, 5.41) is 13.6. The first-order valence-electron chi connectivity index (χ1n) is 9.16. The van der Waals surface area contributed by atoms with Crippen molar-refractivity contribution >= 4 is 29.1 Å². The number of benzene rings is 1. The molecule has 1 aromatic carbocycles. The number of alkyl halides is 4. The highest BCUT2D eigenvalue weighted by atomic mass is 35.5. The Kier molecular flexibility index (Phi) is 6.60. The van der Waals surface area contributed by atoms with Gasteiger partial charge in [0.1, 0.15) is 11.3 Å². The third-order valence-corrected chi connectivity index (χ3v) is 5.87. The molecule has 1 unspecified atom stereocenters. The maximum absolute atomic E-state index is 13.7. The van der Waals surface area contributed by atoms with Crippen molar-refractivity contribution in [2.75, 3.05) is 0 Å². The van der Waals surface area contributed by atoms with E-state index in [1.54, 1.807) is 24.3 Å². The van der Waals surface area contributed by atoms with Crippen molar-refractivity contribution < 1.29 is 27.5 Å². The van der Waals surface area contributed by atoms with E-state index in [1.165, 1.54) is 0 Å². The maximum Gasteiger partial charge on any atom is 0.417 e. The average Bonchev–Trinajstić information content (AvgIpc) is 2.68. The van der Waals surface area contributed by atoms with Crippen LogP contribution < -0.4 is 5.32 Å². The molecular formula is C20H18Cl2F4N2O2. The molecular weight excluding hydrogens is 447 g/mol. The summed E-state index contributed by atoms with van der Waals surface area (Å²) in [6.45, 7) is 0. The zero-order valence-corrected chi connectivity index (χ0v) is 17.0. The molecule has 162 valence electrons. The number of carbonyl (C=O) groups excluding carboxylic acids is 1. The summed E-state index contributed by atoms with van der Waals surface area (Å²) in [6, 6.07) is 5.94. The van der Waals surface area contributed by atoms with Gasteiger partial charge in [0.2, 0.25) is 0 Å². The number of carbonyl (C=O) groups is 1. The molecule has 4 nitrogen and oxygen atoms in total. The third-order valence-electron chi connectivity index (χ3n) is 5.22. The normalized spacial score (nSPS) is 23.1. The number of aliphatic hydroxyl groups is 1. The van der Waals surface area contributed by atoms with Crippen molar-refractivity contribution in [2.45, 2.75) is 49.7 Å². The summed E-state index contributed by atoms with van der Waals surface area (Å²) < 4.78 is 52.7. The minimum absolute atomic E-state index is 0.0406. The zero-order chi connectivity index (χ0) is 22.1. The molecule has 1 aliphatic carbocycles.